The van der Waals surface area contributed by atoms with Gasteiger partial charge < -0.3 is 15.4 Å². The molecule has 1 saturated heterocycles. The highest BCUT2D eigenvalue weighted by Gasteiger charge is 2.49. The molecule has 2 heterocycles. The van der Waals surface area contributed by atoms with Crippen LogP contribution >= 0.6 is 0 Å². The van der Waals surface area contributed by atoms with Gasteiger partial charge in [-0.25, -0.2) is 0 Å². The maximum atomic E-state index is 13.3. The first-order chi connectivity index (χ1) is 18.4. The van der Waals surface area contributed by atoms with Crippen molar-refractivity contribution >= 4 is 5.91 Å². The molecule has 0 bridgehead atoms. The van der Waals surface area contributed by atoms with Crippen LogP contribution in [0.4, 0.5) is 0 Å². The number of nitrogens with zero attached hydrogens (tertiary/aromatic N) is 1. The van der Waals surface area contributed by atoms with Gasteiger partial charge in [0.05, 0.1) is 13.4 Å². The third-order valence-corrected chi connectivity index (χ3v) is 6.49. The third kappa shape index (κ3) is 3.69. The van der Waals surface area contributed by atoms with Gasteiger partial charge in [0.1, 0.15) is 11.2 Å². The van der Waals surface area contributed by atoms with E-state index in [9.17, 15) is 4.79 Å². The highest BCUT2D eigenvalue weighted by molar-refractivity contribution is 5.91. The molecular formula is C28H30N2O2. The van der Waals surface area contributed by atoms with Crippen LogP contribution in [0, 0.1) is 5.92 Å². The molecule has 2 aliphatic rings. The van der Waals surface area contributed by atoms with Crippen molar-refractivity contribution in [1.82, 2.24) is 4.90 Å². The molecule has 3 aromatic carbocycles. The van der Waals surface area contributed by atoms with Gasteiger partial charge in [0.15, 0.2) is 0 Å². The van der Waals surface area contributed by atoms with E-state index in [-0.39, 0.29) is 41.8 Å². The van der Waals surface area contributed by atoms with Crippen LogP contribution in [-0.4, -0.2) is 37.0 Å². The summed E-state index contributed by atoms with van der Waals surface area (Å²) in [6.07, 6.45) is -1.89. The van der Waals surface area contributed by atoms with Crippen LogP contribution in [0.15, 0.2) is 78.8 Å². The molecule has 2 N–H and O–H groups in total. The van der Waals surface area contributed by atoms with Gasteiger partial charge in [0, 0.05) is 22.3 Å². The molecule has 5 rings (SSSR count). The Morgan fingerprint density at radius 1 is 1.16 bits per heavy atom. The molecule has 0 saturated carbocycles. The predicted octanol–water partition coefficient (Wildman–Crippen LogP) is 3.96. The second kappa shape index (κ2) is 8.79. The monoisotopic (exact) mass is 433 g/mol. The van der Waals surface area contributed by atoms with Crippen LogP contribution in [0.1, 0.15) is 38.3 Å². The number of ether oxygens (including phenoxy) is 1. The average molecular weight is 434 g/mol. The number of nitrogens with two attached hydrogens (primary N) is 1. The van der Waals surface area contributed by atoms with E-state index in [0.29, 0.717) is 19.5 Å². The third-order valence-electron chi connectivity index (χ3n) is 6.49. The van der Waals surface area contributed by atoms with Crippen LogP contribution in [0.2, 0.25) is 0 Å². The first-order valence-corrected chi connectivity index (χ1v) is 10.8. The summed E-state index contributed by atoms with van der Waals surface area (Å²) in [6, 6.07) is 17.6. The Kier molecular flexibility index (Phi) is 3.88. The Morgan fingerprint density at radius 2 is 1.84 bits per heavy atom. The summed E-state index contributed by atoms with van der Waals surface area (Å²) < 4.78 is 64.1. The van der Waals surface area contributed by atoms with E-state index >= 15 is 0 Å². The Hall–Kier alpha value is -3.11. The van der Waals surface area contributed by atoms with Crippen molar-refractivity contribution in [2.45, 2.75) is 24.6 Å². The van der Waals surface area contributed by atoms with Gasteiger partial charge in [-0.05, 0) is 53.6 Å². The molecule has 0 radical (unpaired) electrons. The zero-order valence-corrected chi connectivity index (χ0v) is 17.7. The molecule has 0 aromatic heterocycles. The van der Waals surface area contributed by atoms with Gasteiger partial charge in [-0.2, -0.15) is 0 Å². The summed E-state index contributed by atoms with van der Waals surface area (Å²) in [5.74, 6) is -0.898. The Labute approximate surface area is 199 Å². The standard InChI is InChI=1S/C28H30N2O2/c29-27(31)28(23-7-3-1-4-8-23,24-9-5-2-6-10-24)25-14-17-30(20-25)16-13-21-11-12-26-22(19-21)15-18-32-26/h1-12,19,25H,13-18,20H2,(H2,29,31)/t25-/m1/s1/i11D,12D,13D2,18D2,19D. The van der Waals surface area contributed by atoms with E-state index in [1.165, 1.54) is 0 Å². The molecule has 4 heteroatoms. The second-order valence-corrected chi connectivity index (χ2v) is 8.28. The number of fused-ring (bicyclic) bond motifs is 1. The van der Waals surface area contributed by atoms with Crippen molar-refractivity contribution in [3.63, 3.8) is 0 Å². The van der Waals surface area contributed by atoms with Crippen LogP contribution in [0.25, 0.3) is 0 Å². The summed E-state index contributed by atoms with van der Waals surface area (Å²) in [7, 11) is 0. The van der Waals surface area contributed by atoms with Crippen LogP contribution in [-0.2, 0) is 23.0 Å². The van der Waals surface area contributed by atoms with Gasteiger partial charge >= 0.3 is 0 Å². The first-order valence-electron chi connectivity index (χ1n) is 14.3. The number of hydrogen-bond donors (Lipinski definition) is 1. The number of likely N-dealkylation sites (tertiary alicyclic amines) is 1. The van der Waals surface area contributed by atoms with Crippen molar-refractivity contribution < 1.29 is 19.1 Å². The van der Waals surface area contributed by atoms with Gasteiger partial charge in [-0.15, -0.1) is 0 Å². The highest BCUT2D eigenvalue weighted by Crippen LogP contribution is 2.43. The summed E-state index contributed by atoms with van der Waals surface area (Å²) in [5, 5.41) is 0. The lowest BCUT2D eigenvalue weighted by Crippen LogP contribution is -2.49. The Balaban J connectivity index is 1.48. The quantitative estimate of drug-likeness (QED) is 0.614. The van der Waals surface area contributed by atoms with Gasteiger partial charge in [-0.3, -0.25) is 4.79 Å². The lowest BCUT2D eigenvalue weighted by molar-refractivity contribution is -0.123. The fourth-order valence-corrected chi connectivity index (χ4v) is 4.96. The topological polar surface area (TPSA) is 55.6 Å². The number of primary amides is 1. The number of benzene rings is 3. The molecule has 0 aliphatic carbocycles. The van der Waals surface area contributed by atoms with Crippen molar-refractivity contribution in [1.29, 1.82) is 0 Å². The fraction of sp³-hybridized carbons (Fsp3) is 0.321. The average Bonchev–Trinajstić information content (AvgIpc) is 3.47. The zero-order valence-electron chi connectivity index (χ0n) is 24.7. The van der Waals surface area contributed by atoms with E-state index in [4.69, 9.17) is 20.1 Å². The number of amides is 1. The summed E-state index contributed by atoms with van der Waals surface area (Å²) in [6.45, 7) is -1.44. The molecule has 1 fully saturated rings. The normalized spacial score (nSPS) is 23.5. The van der Waals surface area contributed by atoms with Gasteiger partial charge in [-0.1, -0.05) is 72.7 Å². The first kappa shape index (κ1) is 14.1. The highest BCUT2D eigenvalue weighted by atomic mass is 16.5. The molecule has 0 spiro atoms. The Bertz CT molecular complexity index is 1360. The molecule has 3 aromatic rings. The van der Waals surface area contributed by atoms with E-state index in [0.717, 1.165) is 11.1 Å². The fourth-order valence-electron chi connectivity index (χ4n) is 4.96. The summed E-state index contributed by atoms with van der Waals surface area (Å²) in [4.78, 5) is 15.2. The van der Waals surface area contributed by atoms with Crippen molar-refractivity contribution in [2.75, 3.05) is 26.2 Å². The van der Waals surface area contributed by atoms with Crippen LogP contribution in [0.3, 0.4) is 0 Å². The molecule has 2 aliphatic heterocycles. The molecule has 4 nitrogen and oxygen atoms in total. The maximum absolute atomic E-state index is 13.3. The second-order valence-electron chi connectivity index (χ2n) is 8.28. The largest absolute Gasteiger partial charge is 0.493 e. The molecule has 0 unspecified atom stereocenters. The lowest BCUT2D eigenvalue weighted by atomic mass is 9.64. The maximum Gasteiger partial charge on any atom is 0.232 e. The van der Waals surface area contributed by atoms with E-state index in [1.807, 2.05) is 65.6 Å². The molecule has 164 valence electrons. The number of rotatable bonds is 7. The Morgan fingerprint density at radius 3 is 2.50 bits per heavy atom. The molecule has 32 heavy (non-hydrogen) atoms. The SMILES string of the molecule is [2H]c1c([2H])c(C([2H])([2H])CN2CC[C@@H](C(C(N)=O)(c3ccccc3)c3ccccc3)C2)c([2H])c2c1OC([2H])([2H])C2. The number of hydrogen-bond acceptors (Lipinski definition) is 3. The minimum absolute atomic E-state index is 0.111. The summed E-state index contributed by atoms with van der Waals surface area (Å²) in [5.41, 5.74) is 6.44. The summed E-state index contributed by atoms with van der Waals surface area (Å²) >= 11 is 0. The van der Waals surface area contributed by atoms with Crippen molar-refractivity contribution in [3.8, 4) is 5.75 Å². The van der Waals surface area contributed by atoms with E-state index in [1.54, 1.807) is 0 Å². The van der Waals surface area contributed by atoms with Crippen molar-refractivity contribution in [3.05, 3.63) is 101 Å². The minimum Gasteiger partial charge on any atom is -0.493 e. The minimum atomic E-state index is -2.18. The van der Waals surface area contributed by atoms with E-state index in [2.05, 4.69) is 0 Å². The predicted molar refractivity (Wildman–Crippen MR) is 127 cm³/mol. The van der Waals surface area contributed by atoms with E-state index < -0.39 is 36.3 Å². The van der Waals surface area contributed by atoms with Crippen molar-refractivity contribution in [2.24, 2.45) is 11.7 Å². The molecular weight excluding hydrogens is 396 g/mol. The van der Waals surface area contributed by atoms with Gasteiger partial charge in [0.2, 0.25) is 5.91 Å². The number of carbonyl (C=O) groups is 1. The molecule has 1 atom stereocenters. The van der Waals surface area contributed by atoms with Crippen LogP contribution < -0.4 is 10.5 Å². The zero-order chi connectivity index (χ0) is 28.2. The smallest absolute Gasteiger partial charge is 0.232 e. The van der Waals surface area contributed by atoms with Crippen LogP contribution in [0.5, 0.6) is 5.75 Å². The number of carbonyl (C=O) groups excluding carboxylic acids is 1. The lowest BCUT2D eigenvalue weighted by Gasteiger charge is -2.37. The van der Waals surface area contributed by atoms with Gasteiger partial charge in [0.25, 0.3) is 0 Å². The molecule has 1 amide bonds.